The highest BCUT2D eigenvalue weighted by atomic mass is 79.9. The number of hydrogen-bond acceptors (Lipinski definition) is 3. The summed E-state index contributed by atoms with van der Waals surface area (Å²) in [5.74, 6) is 0. The number of sulfonamides is 1. The Kier molecular flexibility index (Phi) is 2.55. The van der Waals surface area contributed by atoms with E-state index in [0.29, 0.717) is 6.54 Å². The lowest BCUT2D eigenvalue weighted by molar-refractivity contribution is 0.597. The minimum Gasteiger partial charge on any atom is -0.270 e. The normalized spacial score (nSPS) is 11.9. The molecular weight excluding hydrogens is 246 g/mol. The highest BCUT2D eigenvalue weighted by Gasteiger charge is 2.15. The fourth-order valence-electron chi connectivity index (χ4n) is 0.732. The van der Waals surface area contributed by atoms with Crippen LogP contribution < -0.4 is 5.14 Å². The van der Waals surface area contributed by atoms with E-state index < -0.39 is 10.0 Å². The molecule has 2 N–H and O–H groups in total. The van der Waals surface area contributed by atoms with Gasteiger partial charge in [-0.2, -0.15) is 5.10 Å². The van der Waals surface area contributed by atoms with E-state index >= 15 is 0 Å². The van der Waals surface area contributed by atoms with Gasteiger partial charge in [0.1, 0.15) is 9.50 Å². The minimum absolute atomic E-state index is 0.0179. The molecule has 0 unspecified atom stereocenters. The predicted molar refractivity (Wildman–Crippen MR) is 47.0 cm³/mol. The molecule has 0 amide bonds. The van der Waals surface area contributed by atoms with E-state index in [-0.39, 0.29) is 9.50 Å². The molecule has 0 saturated carbocycles. The van der Waals surface area contributed by atoms with Gasteiger partial charge < -0.3 is 0 Å². The van der Waals surface area contributed by atoms with Gasteiger partial charge in [0.05, 0.1) is 0 Å². The molecule has 0 fully saturated rings. The number of aryl methyl sites for hydroxylation is 1. The van der Waals surface area contributed by atoms with Crippen molar-refractivity contribution in [3.05, 3.63) is 10.8 Å². The van der Waals surface area contributed by atoms with Crippen LogP contribution >= 0.6 is 15.9 Å². The SMILES string of the molecule is CCn1cc(S(N)(=O)=O)c(Br)n1. The maximum Gasteiger partial charge on any atom is 0.242 e. The summed E-state index contributed by atoms with van der Waals surface area (Å²) in [7, 11) is -3.65. The fourth-order valence-corrected chi connectivity index (χ4v) is 2.26. The third-order valence-electron chi connectivity index (χ3n) is 1.32. The van der Waals surface area contributed by atoms with Gasteiger partial charge in [0.25, 0.3) is 0 Å². The van der Waals surface area contributed by atoms with Crippen molar-refractivity contribution in [3.63, 3.8) is 0 Å². The zero-order valence-electron chi connectivity index (χ0n) is 6.36. The lowest BCUT2D eigenvalue weighted by Crippen LogP contribution is -2.11. The van der Waals surface area contributed by atoms with Crippen LogP contribution in [0.15, 0.2) is 15.7 Å². The standard InChI is InChI=1S/C5H8BrN3O2S/c1-2-9-3-4(5(6)8-9)12(7,10)11/h3H,2H2,1H3,(H2,7,10,11). The molecule has 5 nitrogen and oxygen atoms in total. The molecule has 0 aliphatic carbocycles. The summed E-state index contributed by atoms with van der Waals surface area (Å²) in [6.45, 7) is 2.46. The molecule has 0 saturated heterocycles. The van der Waals surface area contributed by atoms with Crippen LogP contribution in [-0.2, 0) is 16.6 Å². The first-order valence-electron chi connectivity index (χ1n) is 3.21. The van der Waals surface area contributed by atoms with Gasteiger partial charge in [0, 0.05) is 12.7 Å². The van der Waals surface area contributed by atoms with E-state index in [1.165, 1.54) is 10.9 Å². The van der Waals surface area contributed by atoms with Crippen molar-refractivity contribution in [2.24, 2.45) is 5.14 Å². The summed E-state index contributed by atoms with van der Waals surface area (Å²) in [6.07, 6.45) is 1.39. The topological polar surface area (TPSA) is 78.0 Å². The number of halogens is 1. The Bertz CT molecular complexity index is 383. The molecule has 0 bridgehead atoms. The Morgan fingerprint density at radius 3 is 2.58 bits per heavy atom. The van der Waals surface area contributed by atoms with Gasteiger partial charge in [-0.15, -0.1) is 0 Å². The molecule has 1 heterocycles. The van der Waals surface area contributed by atoms with Crippen molar-refractivity contribution in [1.29, 1.82) is 0 Å². The van der Waals surface area contributed by atoms with Crippen molar-refractivity contribution in [2.75, 3.05) is 0 Å². The maximum absolute atomic E-state index is 10.9. The van der Waals surface area contributed by atoms with E-state index in [1.807, 2.05) is 6.92 Å². The maximum atomic E-state index is 10.9. The second-order valence-electron chi connectivity index (χ2n) is 2.18. The van der Waals surface area contributed by atoms with E-state index in [0.717, 1.165) is 0 Å². The van der Waals surface area contributed by atoms with E-state index in [2.05, 4.69) is 21.0 Å². The van der Waals surface area contributed by atoms with Crippen LogP contribution in [0.5, 0.6) is 0 Å². The summed E-state index contributed by atoms with van der Waals surface area (Å²) >= 11 is 3.00. The molecule has 1 aromatic heterocycles. The summed E-state index contributed by atoms with van der Waals surface area (Å²) < 4.78 is 23.5. The first-order valence-corrected chi connectivity index (χ1v) is 5.55. The lowest BCUT2D eigenvalue weighted by Gasteiger charge is -1.90. The zero-order chi connectivity index (χ0) is 9.35. The molecule has 0 atom stereocenters. The second kappa shape index (κ2) is 3.15. The second-order valence-corrected chi connectivity index (χ2v) is 4.47. The molecule has 0 aromatic carbocycles. The number of aromatic nitrogens is 2. The molecule has 0 radical (unpaired) electrons. The molecule has 7 heteroatoms. The van der Waals surface area contributed by atoms with Gasteiger partial charge in [-0.3, -0.25) is 4.68 Å². The Hall–Kier alpha value is -0.400. The Morgan fingerprint density at radius 2 is 2.33 bits per heavy atom. The van der Waals surface area contributed by atoms with Crippen LogP contribution in [0.2, 0.25) is 0 Å². The quantitative estimate of drug-likeness (QED) is 0.825. The smallest absolute Gasteiger partial charge is 0.242 e. The van der Waals surface area contributed by atoms with E-state index in [9.17, 15) is 8.42 Å². The number of nitrogens with two attached hydrogens (primary N) is 1. The van der Waals surface area contributed by atoms with Crippen LogP contribution in [-0.4, -0.2) is 18.2 Å². The van der Waals surface area contributed by atoms with Crippen molar-refractivity contribution < 1.29 is 8.42 Å². The van der Waals surface area contributed by atoms with Gasteiger partial charge in [-0.1, -0.05) is 0 Å². The molecule has 12 heavy (non-hydrogen) atoms. The Labute approximate surface area is 78.7 Å². The number of primary sulfonamides is 1. The Morgan fingerprint density at radius 1 is 1.75 bits per heavy atom. The summed E-state index contributed by atoms with van der Waals surface area (Å²) in [5.41, 5.74) is 0. The molecule has 0 aliphatic heterocycles. The van der Waals surface area contributed by atoms with E-state index in [1.54, 1.807) is 0 Å². The monoisotopic (exact) mass is 253 g/mol. The van der Waals surface area contributed by atoms with Gasteiger partial charge in [-0.25, -0.2) is 13.6 Å². The van der Waals surface area contributed by atoms with Gasteiger partial charge in [-0.05, 0) is 22.9 Å². The molecule has 68 valence electrons. The van der Waals surface area contributed by atoms with Gasteiger partial charge >= 0.3 is 0 Å². The lowest BCUT2D eigenvalue weighted by atomic mass is 10.7. The van der Waals surface area contributed by atoms with Crippen LogP contribution in [0.25, 0.3) is 0 Å². The van der Waals surface area contributed by atoms with Crippen molar-refractivity contribution in [2.45, 2.75) is 18.4 Å². The molecule has 1 aromatic rings. The first kappa shape index (κ1) is 9.69. The zero-order valence-corrected chi connectivity index (χ0v) is 8.76. The fraction of sp³-hybridized carbons (Fsp3) is 0.400. The van der Waals surface area contributed by atoms with Gasteiger partial charge in [0.15, 0.2) is 0 Å². The highest BCUT2D eigenvalue weighted by Crippen LogP contribution is 2.17. The summed E-state index contributed by atoms with van der Waals surface area (Å²) in [4.78, 5) is 0.0179. The minimum atomic E-state index is -3.65. The number of hydrogen-bond donors (Lipinski definition) is 1. The van der Waals surface area contributed by atoms with Crippen molar-refractivity contribution in [3.8, 4) is 0 Å². The first-order chi connectivity index (χ1) is 5.45. The number of nitrogens with zero attached hydrogens (tertiary/aromatic N) is 2. The summed E-state index contributed by atoms with van der Waals surface area (Å²) in [5, 5.41) is 8.78. The van der Waals surface area contributed by atoms with Crippen LogP contribution in [0.4, 0.5) is 0 Å². The van der Waals surface area contributed by atoms with Crippen LogP contribution in [0, 0.1) is 0 Å². The average Bonchev–Trinajstić information content (AvgIpc) is 2.29. The van der Waals surface area contributed by atoms with Crippen LogP contribution in [0.3, 0.4) is 0 Å². The number of rotatable bonds is 2. The van der Waals surface area contributed by atoms with Crippen molar-refractivity contribution >= 4 is 26.0 Å². The molecule has 1 rings (SSSR count). The molecule has 0 aliphatic rings. The highest BCUT2D eigenvalue weighted by molar-refractivity contribution is 9.10. The largest absolute Gasteiger partial charge is 0.270 e. The third-order valence-corrected chi connectivity index (χ3v) is 3.08. The molecule has 0 spiro atoms. The average molecular weight is 254 g/mol. The van der Waals surface area contributed by atoms with Crippen molar-refractivity contribution in [1.82, 2.24) is 9.78 Å². The third kappa shape index (κ3) is 1.85. The summed E-state index contributed by atoms with van der Waals surface area (Å²) in [6, 6.07) is 0. The van der Waals surface area contributed by atoms with Gasteiger partial charge in [0.2, 0.25) is 10.0 Å². The van der Waals surface area contributed by atoms with Crippen LogP contribution in [0.1, 0.15) is 6.92 Å². The van der Waals surface area contributed by atoms with E-state index in [4.69, 9.17) is 5.14 Å². The predicted octanol–water partition coefficient (Wildman–Crippen LogP) is 0.313. The molecular formula is C5H8BrN3O2S. The Balaban J connectivity index is 3.27.